The molecular weight excluding hydrogens is 586 g/mol. The zero-order valence-electron chi connectivity index (χ0n) is 27.9. The maximum absolute atomic E-state index is 13.9. The third kappa shape index (κ3) is 9.79. The molecule has 0 saturated heterocycles. The summed E-state index contributed by atoms with van der Waals surface area (Å²) in [5.41, 5.74) is 2.74. The van der Waals surface area contributed by atoms with Crippen LogP contribution in [0.15, 0.2) is 88.7 Å². The van der Waals surface area contributed by atoms with Crippen molar-refractivity contribution in [2.24, 2.45) is 11.8 Å². The summed E-state index contributed by atoms with van der Waals surface area (Å²) in [4.78, 5) is 52.5. The van der Waals surface area contributed by atoms with Crippen molar-refractivity contribution >= 4 is 23.4 Å². The molecule has 1 aromatic rings. The molecule has 1 amide bonds. The van der Waals surface area contributed by atoms with Crippen molar-refractivity contribution in [3.63, 3.8) is 0 Å². The van der Waals surface area contributed by atoms with Gasteiger partial charge in [0.1, 0.15) is 6.10 Å². The molecule has 0 radical (unpaired) electrons. The summed E-state index contributed by atoms with van der Waals surface area (Å²) in [6.07, 6.45) is 6.49. The van der Waals surface area contributed by atoms with Gasteiger partial charge in [0.2, 0.25) is 5.78 Å². The summed E-state index contributed by atoms with van der Waals surface area (Å²) < 4.78 is 17.0. The summed E-state index contributed by atoms with van der Waals surface area (Å²) in [6.45, 7) is 8.50. The molecule has 0 fully saturated rings. The van der Waals surface area contributed by atoms with Crippen molar-refractivity contribution in [2.45, 2.75) is 84.7 Å². The molecule has 2 aliphatic rings. The third-order valence-electron chi connectivity index (χ3n) is 8.46. The molecule has 6 atom stereocenters. The normalized spacial score (nSPS) is 30.0. The largest absolute Gasteiger partial charge is 0.455 e. The van der Waals surface area contributed by atoms with E-state index in [1.165, 1.54) is 27.2 Å². The molecule has 2 bridgehead atoms. The number of allylic oxidation sites excluding steroid dienone is 5. The third-order valence-corrected chi connectivity index (χ3v) is 8.46. The number of carbonyl (C=O) groups excluding carboxylic acids is 4. The van der Waals surface area contributed by atoms with Gasteiger partial charge in [0.05, 0.1) is 17.9 Å². The lowest BCUT2D eigenvalue weighted by Gasteiger charge is -2.30. The topological polar surface area (TPSA) is 128 Å². The fourth-order valence-corrected chi connectivity index (χ4v) is 5.89. The zero-order chi connectivity index (χ0) is 34.0. The summed E-state index contributed by atoms with van der Waals surface area (Å²) in [5, 5.41) is 14.0. The van der Waals surface area contributed by atoms with Gasteiger partial charge in [-0.15, -0.1) is 0 Å². The van der Waals surface area contributed by atoms with Crippen LogP contribution in [-0.4, -0.2) is 67.2 Å². The minimum absolute atomic E-state index is 0.0724. The predicted molar refractivity (Wildman–Crippen MR) is 175 cm³/mol. The number of ether oxygens (including phenoxy) is 3. The SMILES string of the molecule is CO[C@H]1/C=C\C=C(/C)C(=O)NC2=CC(=O)C(CCc3ccccc3)=C(C[C@@H](C)C[C@H](OC)[C@H](O)[C@@H](C)/C=C(\C)[C@@H]1OC(C)=O)C2=O. The fourth-order valence-electron chi connectivity index (χ4n) is 5.89. The van der Waals surface area contributed by atoms with Crippen LogP contribution >= 0.6 is 0 Å². The molecule has 0 unspecified atom stereocenters. The number of aliphatic hydroxyl groups excluding tert-OH is 1. The Bertz CT molecular complexity index is 1430. The van der Waals surface area contributed by atoms with Gasteiger partial charge in [-0.2, -0.15) is 0 Å². The molecule has 9 heteroatoms. The van der Waals surface area contributed by atoms with Crippen molar-refractivity contribution in [1.82, 2.24) is 5.32 Å². The standard InChI is InChI=1S/C37H47NO8/c1-22-18-29-28(17-16-27-13-9-8-10-14-27)31(40)21-30(35(29)42)38-37(43)23(2)12-11-15-32(44-6)36(46-26(5)39)25(4)20-24(3)34(41)33(19-22)45-7/h8-15,20-22,24,32-34,36,41H,16-19H2,1-7H3,(H,38,43)/b15-11-,23-12+,25-20+/t22-,24+,32+,33+,34-,36+/m1/s1. The van der Waals surface area contributed by atoms with E-state index in [-0.39, 0.29) is 29.4 Å². The smallest absolute Gasteiger partial charge is 0.303 e. The molecular formula is C37H47NO8. The number of aryl methyl sites for hydroxylation is 1. The number of benzene rings is 1. The minimum atomic E-state index is -0.922. The van der Waals surface area contributed by atoms with Gasteiger partial charge in [0, 0.05) is 49.9 Å². The van der Waals surface area contributed by atoms with Crippen LogP contribution in [0.4, 0.5) is 0 Å². The zero-order valence-corrected chi connectivity index (χ0v) is 27.9. The second kappa shape index (κ2) is 17.1. The summed E-state index contributed by atoms with van der Waals surface area (Å²) >= 11 is 0. The molecule has 3 rings (SSSR count). The molecule has 1 aliphatic heterocycles. The molecule has 248 valence electrons. The van der Waals surface area contributed by atoms with Crippen LogP contribution in [0.2, 0.25) is 0 Å². The van der Waals surface area contributed by atoms with Crippen LogP contribution in [0, 0.1) is 11.8 Å². The number of amides is 1. The number of rotatable bonds is 6. The number of Topliss-reactive ketones (excluding diaryl/α,β-unsaturated/α-hetero) is 1. The van der Waals surface area contributed by atoms with Crippen LogP contribution in [0.25, 0.3) is 0 Å². The maximum Gasteiger partial charge on any atom is 0.303 e. The number of esters is 1. The molecule has 1 heterocycles. The fraction of sp³-hybridized carbons (Fsp3) is 0.459. The van der Waals surface area contributed by atoms with Crippen molar-refractivity contribution < 1.29 is 38.5 Å². The van der Waals surface area contributed by atoms with E-state index in [0.717, 1.165) is 5.56 Å². The highest BCUT2D eigenvalue weighted by Gasteiger charge is 2.33. The van der Waals surface area contributed by atoms with Gasteiger partial charge in [-0.1, -0.05) is 68.5 Å². The lowest BCUT2D eigenvalue weighted by atomic mass is 9.82. The lowest BCUT2D eigenvalue weighted by molar-refractivity contribution is -0.149. The molecule has 0 saturated carbocycles. The van der Waals surface area contributed by atoms with Crippen molar-refractivity contribution in [3.8, 4) is 0 Å². The van der Waals surface area contributed by atoms with E-state index >= 15 is 0 Å². The first-order valence-corrected chi connectivity index (χ1v) is 15.7. The Balaban J connectivity index is 2.06. The van der Waals surface area contributed by atoms with Crippen LogP contribution in [-0.2, 0) is 39.8 Å². The first-order valence-electron chi connectivity index (χ1n) is 15.7. The number of fused-ring (bicyclic) bond motifs is 2. The van der Waals surface area contributed by atoms with Crippen LogP contribution in [0.3, 0.4) is 0 Å². The number of hydrogen-bond acceptors (Lipinski definition) is 8. The van der Waals surface area contributed by atoms with Crippen LogP contribution in [0.5, 0.6) is 0 Å². The maximum atomic E-state index is 13.9. The highest BCUT2D eigenvalue weighted by molar-refractivity contribution is 6.23. The van der Waals surface area contributed by atoms with Crippen LogP contribution in [0.1, 0.15) is 59.4 Å². The van der Waals surface area contributed by atoms with E-state index in [0.29, 0.717) is 36.0 Å². The first-order chi connectivity index (χ1) is 21.9. The van der Waals surface area contributed by atoms with Crippen molar-refractivity contribution in [3.05, 3.63) is 94.3 Å². The highest BCUT2D eigenvalue weighted by atomic mass is 16.6. The number of carbonyl (C=O) groups is 4. The Morgan fingerprint density at radius 3 is 2.35 bits per heavy atom. The lowest BCUT2D eigenvalue weighted by Crippen LogP contribution is -2.36. The Kier molecular flexibility index (Phi) is 13.6. The van der Waals surface area contributed by atoms with E-state index in [9.17, 15) is 24.3 Å². The number of nitrogens with one attached hydrogen (secondary N) is 1. The van der Waals surface area contributed by atoms with E-state index in [2.05, 4.69) is 5.32 Å². The van der Waals surface area contributed by atoms with Crippen LogP contribution < -0.4 is 5.32 Å². The summed E-state index contributed by atoms with van der Waals surface area (Å²) in [5.74, 6) is -2.29. The predicted octanol–water partition coefficient (Wildman–Crippen LogP) is 4.91. The molecule has 2 N–H and O–H groups in total. The Labute approximate surface area is 272 Å². The number of hydrogen-bond donors (Lipinski definition) is 2. The van der Waals surface area contributed by atoms with Gasteiger partial charge in [-0.3, -0.25) is 19.2 Å². The summed E-state index contributed by atoms with van der Waals surface area (Å²) in [6, 6.07) is 9.74. The second-order valence-electron chi connectivity index (χ2n) is 12.2. The highest BCUT2D eigenvalue weighted by Crippen LogP contribution is 2.31. The van der Waals surface area contributed by atoms with Gasteiger partial charge in [0.25, 0.3) is 5.91 Å². The van der Waals surface area contributed by atoms with E-state index in [1.807, 2.05) is 50.3 Å². The van der Waals surface area contributed by atoms with E-state index in [1.54, 1.807) is 32.1 Å². The average molecular weight is 634 g/mol. The minimum Gasteiger partial charge on any atom is -0.455 e. The quantitative estimate of drug-likeness (QED) is 0.257. The van der Waals surface area contributed by atoms with E-state index < -0.39 is 48.0 Å². The number of ketones is 2. The molecule has 1 aliphatic carbocycles. The number of methoxy groups -OCH3 is 2. The van der Waals surface area contributed by atoms with Gasteiger partial charge in [-0.25, -0.2) is 0 Å². The molecule has 1 aromatic carbocycles. The number of aliphatic hydroxyl groups is 1. The molecule has 46 heavy (non-hydrogen) atoms. The second-order valence-corrected chi connectivity index (χ2v) is 12.2. The van der Waals surface area contributed by atoms with Crippen molar-refractivity contribution in [2.75, 3.05) is 14.2 Å². The van der Waals surface area contributed by atoms with Crippen molar-refractivity contribution in [1.29, 1.82) is 0 Å². The average Bonchev–Trinajstić information content (AvgIpc) is 3.02. The first kappa shape index (κ1) is 36.5. The molecule has 0 aromatic heterocycles. The van der Waals surface area contributed by atoms with Gasteiger partial charge in [0.15, 0.2) is 11.9 Å². The Hall–Kier alpha value is -3.92. The summed E-state index contributed by atoms with van der Waals surface area (Å²) in [7, 11) is 3.01. The van der Waals surface area contributed by atoms with Gasteiger partial charge < -0.3 is 24.6 Å². The monoisotopic (exact) mass is 633 g/mol. The van der Waals surface area contributed by atoms with Gasteiger partial charge in [-0.05, 0) is 56.6 Å². The molecule has 9 nitrogen and oxygen atoms in total. The molecule has 0 spiro atoms. The van der Waals surface area contributed by atoms with Gasteiger partial charge >= 0.3 is 5.97 Å². The van der Waals surface area contributed by atoms with E-state index in [4.69, 9.17) is 14.2 Å². The Morgan fingerprint density at radius 2 is 1.72 bits per heavy atom. The Morgan fingerprint density at radius 1 is 1.02 bits per heavy atom.